The third-order valence-corrected chi connectivity index (χ3v) is 5.23. The molecular weight excluding hydrogens is 363 g/mol. The molecule has 2 unspecified atom stereocenters. The van der Waals surface area contributed by atoms with E-state index in [2.05, 4.69) is 6.92 Å². The van der Waals surface area contributed by atoms with Gasteiger partial charge in [0.05, 0.1) is 10.9 Å². The van der Waals surface area contributed by atoms with E-state index in [0.29, 0.717) is 35.3 Å². The summed E-state index contributed by atoms with van der Waals surface area (Å²) in [4.78, 5) is 25.0. The molecule has 0 aliphatic carbocycles. The highest BCUT2D eigenvalue weighted by Gasteiger charge is 2.36. The summed E-state index contributed by atoms with van der Waals surface area (Å²) in [6.45, 7) is 5.78. The van der Waals surface area contributed by atoms with E-state index in [9.17, 15) is 14.0 Å². The molecule has 1 aromatic heterocycles. The number of carbonyl (C=O) groups excluding carboxylic acids is 1. The fourth-order valence-electron chi connectivity index (χ4n) is 4.02. The molecule has 0 radical (unpaired) electrons. The van der Waals surface area contributed by atoms with Gasteiger partial charge in [0, 0.05) is 12.0 Å². The fraction of sp³-hybridized carbons (Fsp3) is 0.455. The summed E-state index contributed by atoms with van der Waals surface area (Å²) in [5.74, 6) is -0.306. The third-order valence-electron chi connectivity index (χ3n) is 5.23. The van der Waals surface area contributed by atoms with Gasteiger partial charge >= 0.3 is 5.63 Å². The molecule has 2 aliphatic heterocycles. The summed E-state index contributed by atoms with van der Waals surface area (Å²) in [5, 5.41) is 0.379. The fourth-order valence-corrected chi connectivity index (χ4v) is 4.02. The second-order valence-corrected chi connectivity index (χ2v) is 7.44. The Balaban J connectivity index is 2.13. The molecule has 2 aliphatic rings. The number of benzene rings is 1. The van der Waals surface area contributed by atoms with E-state index in [1.165, 1.54) is 0 Å². The van der Waals surface area contributed by atoms with Crippen LogP contribution in [0.25, 0.3) is 17.0 Å². The first-order valence-corrected chi connectivity index (χ1v) is 9.86. The van der Waals surface area contributed by atoms with Crippen molar-refractivity contribution < 1.29 is 23.1 Å². The number of Topliss-reactive ketones (excluding diaryl/α,β-unsaturated/α-hetero) is 1. The lowest BCUT2D eigenvalue weighted by atomic mass is 9.90. The van der Waals surface area contributed by atoms with Gasteiger partial charge < -0.3 is 13.9 Å². The molecule has 4 rings (SSSR count). The topological polar surface area (TPSA) is 65.7 Å². The zero-order valence-corrected chi connectivity index (χ0v) is 16.3. The average molecular weight is 386 g/mol. The van der Waals surface area contributed by atoms with E-state index >= 15 is 0 Å². The first-order valence-electron chi connectivity index (χ1n) is 9.86. The number of ether oxygens (including phenoxy) is 2. The molecule has 0 fully saturated rings. The van der Waals surface area contributed by atoms with Crippen molar-refractivity contribution in [2.24, 2.45) is 0 Å². The van der Waals surface area contributed by atoms with E-state index in [-0.39, 0.29) is 41.1 Å². The smallest absolute Gasteiger partial charge is 0.372 e. The number of carbonyl (C=O) groups is 1. The van der Waals surface area contributed by atoms with Gasteiger partial charge in [-0.1, -0.05) is 26.7 Å². The van der Waals surface area contributed by atoms with Gasteiger partial charge in [0.1, 0.15) is 29.3 Å². The van der Waals surface area contributed by atoms with Gasteiger partial charge in [0.15, 0.2) is 11.4 Å². The largest absolute Gasteiger partial charge is 0.489 e. The van der Waals surface area contributed by atoms with Crippen LogP contribution in [0.4, 0.5) is 4.39 Å². The van der Waals surface area contributed by atoms with Crippen LogP contribution in [0.5, 0.6) is 11.5 Å². The van der Waals surface area contributed by atoms with Gasteiger partial charge in [0.25, 0.3) is 0 Å². The monoisotopic (exact) mass is 386 g/mol. The standard InChI is InChI=1S/C22H23FO5/c1-4-6-12-8-9-14-19(27-12)16-13(7-5-2)18(23)22(25)28-21(16)17-15(24)10-11(3)26-20(14)17/h8-9,11-12H,4-7,10H2,1-3H3. The molecule has 3 heterocycles. The van der Waals surface area contributed by atoms with E-state index in [0.717, 1.165) is 12.8 Å². The second kappa shape index (κ2) is 7.08. The predicted octanol–water partition coefficient (Wildman–Crippen LogP) is 4.81. The van der Waals surface area contributed by atoms with Crippen LogP contribution in [0.3, 0.4) is 0 Å². The lowest BCUT2D eigenvalue weighted by Gasteiger charge is -2.30. The molecular formula is C22H23FO5. The molecule has 0 saturated carbocycles. The third kappa shape index (κ3) is 2.82. The number of hydrogen-bond acceptors (Lipinski definition) is 5. The van der Waals surface area contributed by atoms with Crippen LogP contribution in [-0.2, 0) is 6.42 Å². The van der Waals surface area contributed by atoms with Crippen LogP contribution < -0.4 is 15.1 Å². The Morgan fingerprint density at radius 2 is 1.93 bits per heavy atom. The maximum atomic E-state index is 14.7. The number of ketones is 1. The first-order chi connectivity index (χ1) is 13.5. The van der Waals surface area contributed by atoms with Crippen LogP contribution in [0.15, 0.2) is 15.3 Å². The second-order valence-electron chi connectivity index (χ2n) is 7.44. The van der Waals surface area contributed by atoms with E-state index in [1.807, 2.05) is 26.0 Å². The summed E-state index contributed by atoms with van der Waals surface area (Å²) in [5.41, 5.74) is 0.0700. The van der Waals surface area contributed by atoms with Gasteiger partial charge in [0.2, 0.25) is 5.82 Å². The lowest BCUT2D eigenvalue weighted by Crippen LogP contribution is -2.27. The highest BCUT2D eigenvalue weighted by atomic mass is 19.1. The van der Waals surface area contributed by atoms with E-state index in [4.69, 9.17) is 13.9 Å². The normalized spacial score (nSPS) is 20.5. The Hall–Kier alpha value is -2.63. The minimum atomic E-state index is -1.07. The quantitative estimate of drug-likeness (QED) is 0.706. The molecule has 0 saturated heterocycles. The van der Waals surface area contributed by atoms with Crippen molar-refractivity contribution in [1.82, 2.24) is 0 Å². The van der Waals surface area contributed by atoms with Crippen molar-refractivity contribution in [2.75, 3.05) is 0 Å². The van der Waals surface area contributed by atoms with Crippen LogP contribution in [-0.4, -0.2) is 18.0 Å². The number of halogens is 1. The zero-order valence-electron chi connectivity index (χ0n) is 16.3. The molecule has 0 N–H and O–H groups in total. The number of hydrogen-bond donors (Lipinski definition) is 0. The van der Waals surface area contributed by atoms with Crippen molar-refractivity contribution >= 4 is 22.8 Å². The SMILES string of the molecule is CCCc1c(F)c(=O)oc2c3c(c4c(c12)OC(CCC)C=C4)OC(C)CC3=O. The molecule has 2 aromatic rings. The van der Waals surface area contributed by atoms with Crippen LogP contribution in [0.2, 0.25) is 0 Å². The summed E-state index contributed by atoms with van der Waals surface area (Å²) < 4.78 is 32.2. The summed E-state index contributed by atoms with van der Waals surface area (Å²) >= 11 is 0. The van der Waals surface area contributed by atoms with Gasteiger partial charge in [-0.25, -0.2) is 4.79 Å². The molecule has 0 spiro atoms. The van der Waals surface area contributed by atoms with Gasteiger partial charge in [-0.05, 0) is 31.9 Å². The minimum absolute atomic E-state index is 0.0750. The summed E-state index contributed by atoms with van der Waals surface area (Å²) in [6.07, 6.45) is 6.21. The molecule has 28 heavy (non-hydrogen) atoms. The predicted molar refractivity (Wildman–Crippen MR) is 104 cm³/mol. The average Bonchev–Trinajstić information content (AvgIpc) is 2.65. The Morgan fingerprint density at radius 3 is 2.64 bits per heavy atom. The summed E-state index contributed by atoms with van der Waals surface area (Å²) in [7, 11) is 0. The van der Waals surface area contributed by atoms with Crippen molar-refractivity contribution in [3.63, 3.8) is 0 Å². The Morgan fingerprint density at radius 1 is 1.14 bits per heavy atom. The molecule has 1 aromatic carbocycles. The number of aryl methyl sites for hydroxylation is 1. The van der Waals surface area contributed by atoms with E-state index in [1.54, 1.807) is 0 Å². The van der Waals surface area contributed by atoms with Crippen molar-refractivity contribution in [3.8, 4) is 11.5 Å². The number of rotatable bonds is 4. The first kappa shape index (κ1) is 18.7. The zero-order chi connectivity index (χ0) is 20.0. The van der Waals surface area contributed by atoms with Crippen LogP contribution in [0.1, 0.15) is 67.9 Å². The molecule has 0 bridgehead atoms. The lowest BCUT2D eigenvalue weighted by molar-refractivity contribution is 0.0870. The highest BCUT2D eigenvalue weighted by Crippen LogP contribution is 2.48. The van der Waals surface area contributed by atoms with Crippen molar-refractivity contribution in [2.45, 2.75) is 65.1 Å². The Labute approximate surface area is 162 Å². The van der Waals surface area contributed by atoms with Crippen LogP contribution in [0, 0.1) is 5.82 Å². The minimum Gasteiger partial charge on any atom is -0.489 e. The maximum Gasteiger partial charge on any atom is 0.372 e. The molecule has 0 amide bonds. The maximum absolute atomic E-state index is 14.7. The van der Waals surface area contributed by atoms with Gasteiger partial charge in [-0.2, -0.15) is 4.39 Å². The Kier molecular flexibility index (Phi) is 4.73. The highest BCUT2D eigenvalue weighted by molar-refractivity contribution is 6.13. The molecule has 6 heteroatoms. The van der Waals surface area contributed by atoms with Crippen LogP contribution >= 0.6 is 0 Å². The van der Waals surface area contributed by atoms with Gasteiger partial charge in [-0.3, -0.25) is 4.79 Å². The molecule has 148 valence electrons. The number of fused-ring (bicyclic) bond motifs is 6. The van der Waals surface area contributed by atoms with E-state index < -0.39 is 11.4 Å². The molecule has 5 nitrogen and oxygen atoms in total. The van der Waals surface area contributed by atoms with Gasteiger partial charge in [-0.15, -0.1) is 0 Å². The molecule has 2 atom stereocenters. The Bertz CT molecular complexity index is 1050. The van der Waals surface area contributed by atoms with Crippen molar-refractivity contribution in [3.05, 3.63) is 39.0 Å². The summed E-state index contributed by atoms with van der Waals surface area (Å²) in [6, 6.07) is 0. The van der Waals surface area contributed by atoms with Crippen molar-refractivity contribution in [1.29, 1.82) is 0 Å².